The van der Waals surface area contributed by atoms with Crippen molar-refractivity contribution in [2.75, 3.05) is 27.2 Å². The van der Waals surface area contributed by atoms with E-state index in [0.717, 1.165) is 5.56 Å². The molecule has 1 aromatic rings. The fraction of sp³-hybridized carbons (Fsp3) is 0.429. The minimum Gasteiger partial charge on any atom is -0.496 e. The van der Waals surface area contributed by atoms with Crippen LogP contribution in [0.3, 0.4) is 0 Å². The molecule has 0 aliphatic carbocycles. The number of halogens is 1. The van der Waals surface area contributed by atoms with Crippen LogP contribution < -0.4 is 10.1 Å². The van der Waals surface area contributed by atoms with Crippen molar-refractivity contribution in [1.82, 2.24) is 10.2 Å². The molecule has 0 aliphatic rings. The maximum Gasteiger partial charge on any atom is 0.304 e. The summed E-state index contributed by atoms with van der Waals surface area (Å²) in [5, 5.41) is 11.9. The zero-order valence-corrected chi connectivity index (χ0v) is 12.8. The van der Waals surface area contributed by atoms with Crippen LogP contribution in [0.1, 0.15) is 12.0 Å². The van der Waals surface area contributed by atoms with E-state index in [4.69, 9.17) is 21.4 Å². The van der Waals surface area contributed by atoms with Gasteiger partial charge in [-0.3, -0.25) is 14.5 Å². The second-order valence-electron chi connectivity index (χ2n) is 4.61. The van der Waals surface area contributed by atoms with E-state index in [2.05, 4.69) is 5.32 Å². The van der Waals surface area contributed by atoms with Crippen molar-refractivity contribution in [3.8, 4) is 5.75 Å². The Kier molecular flexibility index (Phi) is 6.98. The molecule has 0 bridgehead atoms. The predicted molar refractivity (Wildman–Crippen MR) is 79.6 cm³/mol. The van der Waals surface area contributed by atoms with Gasteiger partial charge in [0.2, 0.25) is 5.91 Å². The molecule has 6 nitrogen and oxygen atoms in total. The Bertz CT molecular complexity index is 508. The number of carboxylic acids is 1. The second kappa shape index (κ2) is 8.49. The van der Waals surface area contributed by atoms with Crippen LogP contribution in [0.25, 0.3) is 0 Å². The molecule has 0 aliphatic heterocycles. The zero-order valence-electron chi connectivity index (χ0n) is 12.1. The fourth-order valence-corrected chi connectivity index (χ4v) is 1.94. The Morgan fingerprint density at radius 3 is 2.76 bits per heavy atom. The zero-order chi connectivity index (χ0) is 15.8. The van der Waals surface area contributed by atoms with Gasteiger partial charge in [-0.2, -0.15) is 0 Å². The molecule has 0 saturated heterocycles. The van der Waals surface area contributed by atoms with E-state index in [9.17, 15) is 9.59 Å². The van der Waals surface area contributed by atoms with Gasteiger partial charge in [-0.25, -0.2) is 0 Å². The maximum atomic E-state index is 11.8. The Balaban J connectivity index is 2.46. The highest BCUT2D eigenvalue weighted by molar-refractivity contribution is 6.30. The number of nitrogens with one attached hydrogen (secondary N) is 1. The summed E-state index contributed by atoms with van der Waals surface area (Å²) in [6.07, 6.45) is 0.00585. The van der Waals surface area contributed by atoms with Crippen molar-refractivity contribution < 1.29 is 19.4 Å². The number of carbonyl (C=O) groups is 2. The predicted octanol–water partition coefficient (Wildman–Crippen LogP) is 1.37. The Morgan fingerprint density at radius 1 is 1.43 bits per heavy atom. The molecular weight excluding hydrogens is 296 g/mol. The Morgan fingerprint density at radius 2 is 2.14 bits per heavy atom. The van der Waals surface area contributed by atoms with Crippen LogP contribution in [-0.2, 0) is 16.1 Å². The summed E-state index contributed by atoms with van der Waals surface area (Å²) < 4.78 is 5.19. The van der Waals surface area contributed by atoms with Crippen molar-refractivity contribution in [1.29, 1.82) is 0 Å². The van der Waals surface area contributed by atoms with E-state index in [0.29, 0.717) is 23.9 Å². The summed E-state index contributed by atoms with van der Waals surface area (Å²) in [6, 6.07) is 5.18. The number of likely N-dealkylation sites (N-methyl/N-ethyl adjacent to an activating group) is 1. The van der Waals surface area contributed by atoms with Crippen molar-refractivity contribution in [2.45, 2.75) is 13.0 Å². The first-order valence-electron chi connectivity index (χ1n) is 6.42. The average Bonchev–Trinajstić information content (AvgIpc) is 2.43. The number of amides is 1. The number of aliphatic carboxylic acids is 1. The van der Waals surface area contributed by atoms with Gasteiger partial charge >= 0.3 is 5.97 Å². The summed E-state index contributed by atoms with van der Waals surface area (Å²) in [5.41, 5.74) is 0.784. The van der Waals surface area contributed by atoms with Crippen molar-refractivity contribution in [2.24, 2.45) is 0 Å². The molecule has 2 N–H and O–H groups in total. The lowest BCUT2D eigenvalue weighted by Gasteiger charge is -2.15. The van der Waals surface area contributed by atoms with Gasteiger partial charge in [-0.05, 0) is 25.2 Å². The SMILES string of the molecule is COc1ccc(Cl)cc1CNC(=O)CN(C)CCC(=O)O. The number of hydrogen-bond donors (Lipinski definition) is 2. The molecule has 0 aromatic heterocycles. The van der Waals surface area contributed by atoms with Gasteiger partial charge in [0.05, 0.1) is 20.1 Å². The van der Waals surface area contributed by atoms with Gasteiger partial charge < -0.3 is 15.2 Å². The normalized spacial score (nSPS) is 10.5. The molecular formula is C14H19ClN2O4. The Hall–Kier alpha value is -1.79. The molecule has 0 fully saturated rings. The lowest BCUT2D eigenvalue weighted by molar-refractivity contribution is -0.137. The second-order valence-corrected chi connectivity index (χ2v) is 5.05. The fourth-order valence-electron chi connectivity index (χ4n) is 1.75. The third-order valence-electron chi connectivity index (χ3n) is 2.84. The molecule has 0 spiro atoms. The molecule has 0 radical (unpaired) electrons. The van der Waals surface area contributed by atoms with Crippen LogP contribution in [0.2, 0.25) is 5.02 Å². The van der Waals surface area contributed by atoms with Crippen molar-refractivity contribution >= 4 is 23.5 Å². The number of nitrogens with zero attached hydrogens (tertiary/aromatic N) is 1. The smallest absolute Gasteiger partial charge is 0.304 e. The molecule has 1 rings (SSSR count). The lowest BCUT2D eigenvalue weighted by atomic mass is 10.2. The number of rotatable bonds is 8. The quantitative estimate of drug-likeness (QED) is 0.757. The molecule has 1 amide bonds. The van der Waals surface area contributed by atoms with Gasteiger partial charge in [-0.1, -0.05) is 11.6 Å². The van der Waals surface area contributed by atoms with E-state index in [1.54, 1.807) is 37.3 Å². The largest absolute Gasteiger partial charge is 0.496 e. The van der Waals surface area contributed by atoms with E-state index in [-0.39, 0.29) is 18.9 Å². The first kappa shape index (κ1) is 17.3. The number of carbonyl (C=O) groups excluding carboxylic acids is 1. The third-order valence-corrected chi connectivity index (χ3v) is 3.07. The van der Waals surface area contributed by atoms with E-state index in [1.165, 1.54) is 0 Å². The number of methoxy groups -OCH3 is 1. The van der Waals surface area contributed by atoms with Crippen molar-refractivity contribution in [3.05, 3.63) is 28.8 Å². The van der Waals surface area contributed by atoms with E-state index in [1.807, 2.05) is 0 Å². The molecule has 0 saturated carbocycles. The van der Waals surface area contributed by atoms with Crippen molar-refractivity contribution in [3.63, 3.8) is 0 Å². The minimum atomic E-state index is -0.883. The first-order valence-corrected chi connectivity index (χ1v) is 6.79. The third kappa shape index (κ3) is 6.46. The highest BCUT2D eigenvalue weighted by Crippen LogP contribution is 2.22. The molecule has 0 unspecified atom stereocenters. The van der Waals surface area contributed by atoms with Gasteiger partial charge in [-0.15, -0.1) is 0 Å². The van der Waals surface area contributed by atoms with E-state index >= 15 is 0 Å². The van der Waals surface area contributed by atoms with Gasteiger partial charge in [0.15, 0.2) is 0 Å². The summed E-state index contributed by atoms with van der Waals surface area (Å²) in [6.45, 7) is 0.759. The highest BCUT2D eigenvalue weighted by atomic mass is 35.5. The molecule has 7 heteroatoms. The molecule has 0 heterocycles. The highest BCUT2D eigenvalue weighted by Gasteiger charge is 2.10. The summed E-state index contributed by atoms with van der Waals surface area (Å²) in [5.74, 6) is -0.422. The number of hydrogen-bond acceptors (Lipinski definition) is 4. The van der Waals surface area contributed by atoms with Crippen LogP contribution in [0.5, 0.6) is 5.75 Å². The summed E-state index contributed by atoms with van der Waals surface area (Å²) in [4.78, 5) is 23.9. The summed E-state index contributed by atoms with van der Waals surface area (Å²) in [7, 11) is 3.25. The molecule has 0 atom stereocenters. The number of carboxylic acid groups (broad SMARTS) is 1. The first-order chi connectivity index (χ1) is 9.92. The van der Waals surface area contributed by atoms with Crippen LogP contribution in [0.15, 0.2) is 18.2 Å². The lowest BCUT2D eigenvalue weighted by Crippen LogP contribution is -2.35. The Labute approximate surface area is 128 Å². The summed E-state index contributed by atoms with van der Waals surface area (Å²) >= 11 is 5.91. The van der Waals surface area contributed by atoms with Crippen LogP contribution in [0.4, 0.5) is 0 Å². The molecule has 1 aromatic carbocycles. The number of ether oxygens (including phenoxy) is 1. The average molecular weight is 315 g/mol. The standard InChI is InChI=1S/C14H19ClN2O4/c1-17(6-5-14(19)20)9-13(18)16-8-10-7-11(15)3-4-12(10)21-2/h3-4,7H,5-6,8-9H2,1-2H3,(H,16,18)(H,19,20). The van der Waals surface area contributed by atoms with E-state index < -0.39 is 5.97 Å². The monoisotopic (exact) mass is 314 g/mol. The topological polar surface area (TPSA) is 78.9 Å². The van der Waals surface area contributed by atoms with Crippen LogP contribution in [-0.4, -0.2) is 49.1 Å². The van der Waals surface area contributed by atoms with Gasteiger partial charge in [0, 0.05) is 23.7 Å². The van der Waals surface area contributed by atoms with Crippen LogP contribution >= 0.6 is 11.6 Å². The molecule has 116 valence electrons. The van der Waals surface area contributed by atoms with Gasteiger partial charge in [0.25, 0.3) is 0 Å². The number of benzene rings is 1. The van der Waals surface area contributed by atoms with Crippen LogP contribution in [0, 0.1) is 0 Å². The maximum absolute atomic E-state index is 11.8. The molecule has 21 heavy (non-hydrogen) atoms. The minimum absolute atomic E-state index is 0.00585. The van der Waals surface area contributed by atoms with Gasteiger partial charge in [0.1, 0.15) is 5.75 Å².